The Balaban J connectivity index is 3.32. The van der Waals surface area contributed by atoms with Crippen molar-refractivity contribution in [1.29, 1.82) is 0 Å². The van der Waals surface area contributed by atoms with Crippen molar-refractivity contribution in [3.63, 3.8) is 0 Å². The summed E-state index contributed by atoms with van der Waals surface area (Å²) in [5.74, 6) is 0.0716. The molecule has 0 saturated carbocycles. The van der Waals surface area contributed by atoms with E-state index in [4.69, 9.17) is 4.74 Å². The molecule has 0 bridgehead atoms. The topological polar surface area (TPSA) is 79.5 Å². The molecule has 0 heterocycles. The van der Waals surface area contributed by atoms with Gasteiger partial charge in [0.05, 0.1) is 6.61 Å². The smallest absolute Gasteiger partial charge is 0.220 e. The second kappa shape index (κ2) is 13.3. The molecule has 0 aliphatic heterocycles. The number of methoxy groups -OCH3 is 1. The summed E-state index contributed by atoms with van der Waals surface area (Å²) in [5.41, 5.74) is 0. The number of likely N-dealkylation sites (N-methyl/N-ethyl adjacent to an activating group) is 1. The molecule has 0 aromatic rings. The lowest BCUT2D eigenvalue weighted by atomic mass is 10.2. The average Bonchev–Trinajstić information content (AvgIpc) is 2.40. The molecule has 0 aromatic carbocycles. The molecule has 0 radical (unpaired) electrons. The van der Waals surface area contributed by atoms with Crippen LogP contribution in [-0.4, -0.2) is 51.7 Å². The highest BCUT2D eigenvalue weighted by Gasteiger charge is 2.03. The Labute approximate surface area is 115 Å². The van der Waals surface area contributed by atoms with E-state index in [9.17, 15) is 9.59 Å². The largest absolute Gasteiger partial charge is 0.383 e. The molecular weight excluding hydrogens is 246 g/mol. The Morgan fingerprint density at radius 1 is 0.947 bits per heavy atom. The third-order valence-electron chi connectivity index (χ3n) is 2.56. The quantitative estimate of drug-likeness (QED) is 0.439. The van der Waals surface area contributed by atoms with Crippen LogP contribution in [0.4, 0.5) is 0 Å². The SMILES string of the molecule is CCNCCNC(=O)CCCCC(=O)NCCOC. The predicted octanol–water partition coefficient (Wildman–Crippen LogP) is 0.0351. The zero-order valence-electron chi connectivity index (χ0n) is 12.1. The first kappa shape index (κ1) is 17.9. The number of hydrogen-bond acceptors (Lipinski definition) is 4. The van der Waals surface area contributed by atoms with Crippen molar-refractivity contribution >= 4 is 11.8 Å². The lowest BCUT2D eigenvalue weighted by Gasteiger charge is -2.06. The Morgan fingerprint density at radius 2 is 1.53 bits per heavy atom. The van der Waals surface area contributed by atoms with Crippen molar-refractivity contribution < 1.29 is 14.3 Å². The van der Waals surface area contributed by atoms with Crippen LogP contribution in [0.1, 0.15) is 32.6 Å². The Morgan fingerprint density at radius 3 is 2.05 bits per heavy atom. The third-order valence-corrected chi connectivity index (χ3v) is 2.56. The predicted molar refractivity (Wildman–Crippen MR) is 74.9 cm³/mol. The third kappa shape index (κ3) is 13.1. The number of carbonyl (C=O) groups is 2. The minimum Gasteiger partial charge on any atom is -0.383 e. The fraction of sp³-hybridized carbons (Fsp3) is 0.846. The summed E-state index contributed by atoms with van der Waals surface area (Å²) in [7, 11) is 1.60. The van der Waals surface area contributed by atoms with Crippen LogP contribution in [0.15, 0.2) is 0 Å². The molecule has 112 valence electrons. The zero-order chi connectivity index (χ0) is 14.3. The van der Waals surface area contributed by atoms with Crippen LogP contribution in [0.2, 0.25) is 0 Å². The van der Waals surface area contributed by atoms with Gasteiger partial charge in [0.1, 0.15) is 0 Å². The summed E-state index contributed by atoms with van der Waals surface area (Å²) in [6.07, 6.45) is 2.43. The van der Waals surface area contributed by atoms with Crippen LogP contribution in [0.25, 0.3) is 0 Å². The maximum absolute atomic E-state index is 11.4. The molecule has 19 heavy (non-hydrogen) atoms. The second-order valence-electron chi connectivity index (χ2n) is 4.25. The number of nitrogens with one attached hydrogen (secondary N) is 3. The van der Waals surface area contributed by atoms with Gasteiger partial charge in [0, 0.05) is 39.6 Å². The lowest BCUT2D eigenvalue weighted by molar-refractivity contribution is -0.123. The first-order valence-corrected chi connectivity index (χ1v) is 6.93. The molecule has 0 unspecified atom stereocenters. The molecule has 0 aliphatic rings. The van der Waals surface area contributed by atoms with Crippen molar-refractivity contribution in [3.05, 3.63) is 0 Å². The van der Waals surface area contributed by atoms with Crippen molar-refractivity contribution in [2.45, 2.75) is 32.6 Å². The highest BCUT2D eigenvalue weighted by Crippen LogP contribution is 1.99. The van der Waals surface area contributed by atoms with Gasteiger partial charge in [-0.05, 0) is 19.4 Å². The lowest BCUT2D eigenvalue weighted by Crippen LogP contribution is -2.31. The summed E-state index contributed by atoms with van der Waals surface area (Å²) in [6, 6.07) is 0. The molecule has 2 amide bonds. The van der Waals surface area contributed by atoms with E-state index in [1.54, 1.807) is 7.11 Å². The molecule has 6 heteroatoms. The van der Waals surface area contributed by atoms with E-state index in [2.05, 4.69) is 16.0 Å². The van der Waals surface area contributed by atoms with Crippen LogP contribution in [-0.2, 0) is 14.3 Å². The van der Waals surface area contributed by atoms with E-state index in [-0.39, 0.29) is 11.8 Å². The maximum Gasteiger partial charge on any atom is 0.220 e. The van der Waals surface area contributed by atoms with Crippen LogP contribution < -0.4 is 16.0 Å². The minimum absolute atomic E-state index is 0.0182. The van der Waals surface area contributed by atoms with Crippen molar-refractivity contribution in [2.24, 2.45) is 0 Å². The summed E-state index contributed by atoms with van der Waals surface area (Å²) >= 11 is 0. The number of amides is 2. The number of hydrogen-bond donors (Lipinski definition) is 3. The van der Waals surface area contributed by atoms with Gasteiger partial charge in [-0.1, -0.05) is 6.92 Å². The van der Waals surface area contributed by atoms with Gasteiger partial charge in [0.25, 0.3) is 0 Å². The Hall–Kier alpha value is -1.14. The standard InChI is InChI=1S/C13H27N3O3/c1-3-14-8-9-15-12(17)6-4-5-7-13(18)16-10-11-19-2/h14H,3-11H2,1-2H3,(H,15,17)(H,16,18). The molecule has 0 atom stereocenters. The molecule has 3 N–H and O–H groups in total. The first-order valence-electron chi connectivity index (χ1n) is 6.93. The minimum atomic E-state index is 0.0182. The fourth-order valence-corrected chi connectivity index (χ4v) is 1.51. The van der Waals surface area contributed by atoms with Crippen molar-refractivity contribution in [1.82, 2.24) is 16.0 Å². The number of carbonyl (C=O) groups excluding carboxylic acids is 2. The second-order valence-corrected chi connectivity index (χ2v) is 4.25. The summed E-state index contributed by atoms with van der Waals surface area (Å²) < 4.78 is 4.83. The first-order chi connectivity index (χ1) is 9.20. The van der Waals surface area contributed by atoms with Gasteiger partial charge in [0.15, 0.2) is 0 Å². The fourth-order valence-electron chi connectivity index (χ4n) is 1.51. The monoisotopic (exact) mass is 273 g/mol. The van der Waals surface area contributed by atoms with Gasteiger partial charge in [-0.25, -0.2) is 0 Å². The molecule has 0 aromatic heterocycles. The van der Waals surface area contributed by atoms with E-state index < -0.39 is 0 Å². The van der Waals surface area contributed by atoms with Gasteiger partial charge >= 0.3 is 0 Å². The molecule has 0 aliphatic carbocycles. The molecule has 6 nitrogen and oxygen atoms in total. The average molecular weight is 273 g/mol. The van der Waals surface area contributed by atoms with Crippen molar-refractivity contribution in [3.8, 4) is 0 Å². The highest BCUT2D eigenvalue weighted by atomic mass is 16.5. The van der Waals surface area contributed by atoms with E-state index in [0.717, 1.165) is 25.9 Å². The summed E-state index contributed by atoms with van der Waals surface area (Å²) in [6.45, 7) is 5.46. The van der Waals surface area contributed by atoms with Gasteiger partial charge in [-0.15, -0.1) is 0 Å². The van der Waals surface area contributed by atoms with Crippen molar-refractivity contribution in [2.75, 3.05) is 39.9 Å². The normalized spacial score (nSPS) is 10.2. The summed E-state index contributed by atoms with van der Waals surface area (Å²) in [5, 5.41) is 8.71. The molecule has 0 saturated heterocycles. The van der Waals surface area contributed by atoms with E-state index in [1.807, 2.05) is 6.92 Å². The Bertz CT molecular complexity index is 247. The molecular formula is C13H27N3O3. The Kier molecular flexibility index (Phi) is 12.5. The highest BCUT2D eigenvalue weighted by molar-refractivity contribution is 5.77. The molecule has 0 spiro atoms. The van der Waals surface area contributed by atoms with Crippen LogP contribution in [0.3, 0.4) is 0 Å². The van der Waals surface area contributed by atoms with E-state index in [1.165, 1.54) is 0 Å². The molecule has 0 rings (SSSR count). The molecule has 0 fully saturated rings. The number of unbranched alkanes of at least 4 members (excludes halogenated alkanes) is 1. The number of rotatable bonds is 12. The van der Waals surface area contributed by atoms with Crippen LogP contribution >= 0.6 is 0 Å². The van der Waals surface area contributed by atoms with Crippen LogP contribution in [0.5, 0.6) is 0 Å². The van der Waals surface area contributed by atoms with Gasteiger partial charge < -0.3 is 20.7 Å². The maximum atomic E-state index is 11.4. The van der Waals surface area contributed by atoms with Crippen LogP contribution in [0, 0.1) is 0 Å². The number of ether oxygens (including phenoxy) is 1. The van der Waals surface area contributed by atoms with E-state index >= 15 is 0 Å². The van der Waals surface area contributed by atoms with Gasteiger partial charge in [-0.3, -0.25) is 9.59 Å². The zero-order valence-corrected chi connectivity index (χ0v) is 12.1. The summed E-state index contributed by atoms with van der Waals surface area (Å²) in [4.78, 5) is 22.7. The van der Waals surface area contributed by atoms with Gasteiger partial charge in [0.2, 0.25) is 11.8 Å². The van der Waals surface area contributed by atoms with E-state index in [0.29, 0.717) is 32.5 Å². The van der Waals surface area contributed by atoms with Gasteiger partial charge in [-0.2, -0.15) is 0 Å².